The van der Waals surface area contributed by atoms with Crippen LogP contribution in [0, 0.1) is 5.82 Å². The van der Waals surface area contributed by atoms with Crippen molar-refractivity contribution < 1.29 is 23.5 Å². The second kappa shape index (κ2) is 9.81. The first-order valence-electron chi connectivity index (χ1n) is 10.8. The fourth-order valence-electron chi connectivity index (χ4n) is 3.80. The summed E-state index contributed by atoms with van der Waals surface area (Å²) in [6.45, 7) is 1.91. The quantitative estimate of drug-likeness (QED) is 0.544. The van der Waals surface area contributed by atoms with E-state index < -0.39 is 11.7 Å². The molecule has 0 unspecified atom stereocenters. The zero-order chi connectivity index (χ0) is 23.4. The number of rotatable bonds is 7. The molecule has 0 bridgehead atoms. The summed E-state index contributed by atoms with van der Waals surface area (Å²) in [5.74, 6) is 1.05. The second-order valence-electron chi connectivity index (χ2n) is 7.86. The molecule has 0 spiro atoms. The number of Topliss-reactive ketones (excluding diaryl/α,β-unsaturated/α-hetero) is 1. The van der Waals surface area contributed by atoms with E-state index in [1.165, 1.54) is 26.2 Å². The number of nitrogens with zero attached hydrogens (tertiary/aromatic N) is 3. The zero-order valence-electron chi connectivity index (χ0n) is 18.6. The van der Waals surface area contributed by atoms with Gasteiger partial charge in [0.25, 0.3) is 5.91 Å². The molecule has 172 valence electrons. The van der Waals surface area contributed by atoms with E-state index in [4.69, 9.17) is 9.47 Å². The number of anilines is 1. The van der Waals surface area contributed by atoms with Crippen molar-refractivity contribution in [3.05, 3.63) is 53.6 Å². The Labute approximate surface area is 190 Å². The van der Waals surface area contributed by atoms with Crippen LogP contribution >= 0.6 is 0 Å². The third-order valence-corrected chi connectivity index (χ3v) is 5.53. The van der Waals surface area contributed by atoms with E-state index in [0.717, 1.165) is 38.1 Å². The third-order valence-electron chi connectivity index (χ3n) is 5.53. The number of hydrogen-bond donors (Lipinski definition) is 1. The van der Waals surface area contributed by atoms with Gasteiger partial charge in [-0.2, -0.15) is 0 Å². The number of nitrogens with one attached hydrogen (secondary N) is 1. The Morgan fingerprint density at radius 2 is 1.94 bits per heavy atom. The number of aromatic nitrogens is 3. The first-order chi connectivity index (χ1) is 16.0. The molecule has 0 aliphatic carbocycles. The molecule has 0 radical (unpaired) electrons. The van der Waals surface area contributed by atoms with Crippen LogP contribution in [0.25, 0.3) is 11.4 Å². The monoisotopic (exact) mass is 452 g/mol. The minimum Gasteiger partial charge on any atom is -0.493 e. The van der Waals surface area contributed by atoms with Crippen LogP contribution in [0.4, 0.5) is 10.1 Å². The Bertz CT molecular complexity index is 1190. The first kappa shape index (κ1) is 22.4. The summed E-state index contributed by atoms with van der Waals surface area (Å²) in [5, 5.41) is 11.1. The number of ketones is 1. The highest BCUT2D eigenvalue weighted by atomic mass is 19.1. The van der Waals surface area contributed by atoms with Gasteiger partial charge in [-0.05, 0) is 56.2 Å². The number of carbonyl (C=O) groups excluding carboxylic acids is 2. The molecule has 1 aromatic heterocycles. The largest absolute Gasteiger partial charge is 0.493 e. The van der Waals surface area contributed by atoms with E-state index in [9.17, 15) is 14.0 Å². The number of fused-ring (bicyclic) bond motifs is 1. The number of halogens is 1. The van der Waals surface area contributed by atoms with Crippen molar-refractivity contribution in [3.63, 3.8) is 0 Å². The van der Waals surface area contributed by atoms with Gasteiger partial charge in [-0.25, -0.2) is 4.39 Å². The van der Waals surface area contributed by atoms with Crippen molar-refractivity contribution in [1.82, 2.24) is 14.8 Å². The Morgan fingerprint density at radius 3 is 2.73 bits per heavy atom. The predicted octanol–water partition coefficient (Wildman–Crippen LogP) is 4.04. The highest BCUT2D eigenvalue weighted by Crippen LogP contribution is 2.29. The topological polar surface area (TPSA) is 95.3 Å². The third kappa shape index (κ3) is 5.02. The first-order valence-corrected chi connectivity index (χ1v) is 10.8. The fraction of sp³-hybridized carbons (Fsp3) is 0.333. The van der Waals surface area contributed by atoms with Crippen LogP contribution in [0.2, 0.25) is 0 Å². The number of ether oxygens (including phenoxy) is 2. The molecule has 8 nitrogen and oxygen atoms in total. The summed E-state index contributed by atoms with van der Waals surface area (Å²) in [5.41, 5.74) is 1.19. The average Bonchev–Trinajstić information content (AvgIpc) is 3.06. The van der Waals surface area contributed by atoms with E-state index >= 15 is 0 Å². The molecule has 0 saturated carbocycles. The summed E-state index contributed by atoms with van der Waals surface area (Å²) in [6, 6.07) is 9.08. The predicted molar refractivity (Wildman–Crippen MR) is 120 cm³/mol. The Kier molecular flexibility index (Phi) is 6.67. The Morgan fingerprint density at radius 1 is 1.09 bits per heavy atom. The van der Waals surface area contributed by atoms with Crippen LogP contribution in [-0.4, -0.2) is 40.2 Å². The maximum Gasteiger partial charge on any atom is 0.262 e. The SMILES string of the molecule is COc1cc(C(C)=O)ccc1OCC(=O)Nc1ccc(F)c(-c2nnc3n2CCCCC3)c1. The van der Waals surface area contributed by atoms with Gasteiger partial charge in [0.1, 0.15) is 11.6 Å². The molecular formula is C24H25FN4O4. The molecule has 0 atom stereocenters. The molecule has 1 aliphatic heterocycles. The molecule has 3 aromatic rings. The minimum absolute atomic E-state index is 0.103. The van der Waals surface area contributed by atoms with Gasteiger partial charge in [-0.1, -0.05) is 6.42 Å². The number of aryl methyl sites for hydroxylation is 1. The maximum atomic E-state index is 14.6. The van der Waals surface area contributed by atoms with Crippen LogP contribution in [-0.2, 0) is 17.8 Å². The molecule has 1 aliphatic rings. The van der Waals surface area contributed by atoms with Crippen molar-refractivity contribution in [1.29, 1.82) is 0 Å². The summed E-state index contributed by atoms with van der Waals surface area (Å²) >= 11 is 0. The van der Waals surface area contributed by atoms with Crippen molar-refractivity contribution >= 4 is 17.4 Å². The highest BCUT2D eigenvalue weighted by Gasteiger charge is 2.19. The Balaban J connectivity index is 1.47. The molecule has 9 heteroatoms. The van der Waals surface area contributed by atoms with Crippen LogP contribution in [0.3, 0.4) is 0 Å². The van der Waals surface area contributed by atoms with Crippen LogP contribution in [0.5, 0.6) is 11.5 Å². The van der Waals surface area contributed by atoms with Crippen molar-refractivity contribution in [2.45, 2.75) is 39.2 Å². The number of amides is 1. The van der Waals surface area contributed by atoms with Crippen LogP contribution in [0.15, 0.2) is 36.4 Å². The fourth-order valence-corrected chi connectivity index (χ4v) is 3.80. The van der Waals surface area contributed by atoms with Crippen LogP contribution in [0.1, 0.15) is 42.4 Å². The lowest BCUT2D eigenvalue weighted by Gasteiger charge is -2.13. The van der Waals surface area contributed by atoms with E-state index in [2.05, 4.69) is 15.5 Å². The molecule has 1 N–H and O–H groups in total. The highest BCUT2D eigenvalue weighted by molar-refractivity contribution is 5.95. The maximum absolute atomic E-state index is 14.6. The normalized spacial score (nSPS) is 13.1. The number of methoxy groups -OCH3 is 1. The molecule has 2 heterocycles. The summed E-state index contributed by atoms with van der Waals surface area (Å²) in [6.07, 6.45) is 3.95. The number of hydrogen-bond acceptors (Lipinski definition) is 6. The van der Waals surface area contributed by atoms with E-state index in [0.29, 0.717) is 28.6 Å². The lowest BCUT2D eigenvalue weighted by molar-refractivity contribution is -0.118. The summed E-state index contributed by atoms with van der Waals surface area (Å²) < 4.78 is 27.4. The van der Waals surface area contributed by atoms with Gasteiger partial charge in [0, 0.05) is 24.2 Å². The van der Waals surface area contributed by atoms with E-state index in [1.54, 1.807) is 24.3 Å². The minimum atomic E-state index is -0.431. The van der Waals surface area contributed by atoms with E-state index in [1.807, 2.05) is 4.57 Å². The van der Waals surface area contributed by atoms with Gasteiger partial charge < -0.3 is 19.4 Å². The lowest BCUT2D eigenvalue weighted by Crippen LogP contribution is -2.20. The molecule has 4 rings (SSSR count). The van der Waals surface area contributed by atoms with E-state index in [-0.39, 0.29) is 18.0 Å². The van der Waals surface area contributed by atoms with Crippen molar-refractivity contribution in [2.24, 2.45) is 0 Å². The number of carbonyl (C=O) groups is 2. The van der Waals surface area contributed by atoms with Gasteiger partial charge in [0.05, 0.1) is 12.7 Å². The Hall–Kier alpha value is -3.75. The molecule has 1 amide bonds. The average molecular weight is 452 g/mol. The zero-order valence-corrected chi connectivity index (χ0v) is 18.6. The lowest BCUT2D eigenvalue weighted by atomic mass is 10.1. The van der Waals surface area contributed by atoms with Gasteiger partial charge in [-0.3, -0.25) is 9.59 Å². The molecule has 0 fully saturated rings. The van der Waals surface area contributed by atoms with Crippen LogP contribution < -0.4 is 14.8 Å². The van der Waals surface area contributed by atoms with Gasteiger partial charge >= 0.3 is 0 Å². The van der Waals surface area contributed by atoms with Gasteiger partial charge in [0.2, 0.25) is 0 Å². The smallest absolute Gasteiger partial charge is 0.262 e. The summed E-state index contributed by atoms with van der Waals surface area (Å²) in [7, 11) is 1.46. The van der Waals surface area contributed by atoms with Gasteiger partial charge in [0.15, 0.2) is 29.7 Å². The van der Waals surface area contributed by atoms with Gasteiger partial charge in [-0.15, -0.1) is 10.2 Å². The van der Waals surface area contributed by atoms with Crippen molar-refractivity contribution in [3.8, 4) is 22.9 Å². The van der Waals surface area contributed by atoms with Crippen molar-refractivity contribution in [2.75, 3.05) is 19.0 Å². The summed E-state index contributed by atoms with van der Waals surface area (Å²) in [4.78, 5) is 24.0. The molecular weight excluding hydrogens is 427 g/mol. The second-order valence-corrected chi connectivity index (χ2v) is 7.86. The molecule has 2 aromatic carbocycles. The molecule has 33 heavy (non-hydrogen) atoms. The standard InChI is InChI=1S/C24H25FN4O4/c1-15(30)16-7-10-20(21(12-16)32-2)33-14-23(31)26-17-8-9-19(25)18(13-17)24-28-27-22-6-4-3-5-11-29(22)24/h7-10,12-13H,3-6,11,14H2,1-2H3,(H,26,31). The number of benzene rings is 2. The molecule has 0 saturated heterocycles.